The summed E-state index contributed by atoms with van der Waals surface area (Å²) in [7, 11) is 0. The standard InChI is InChI=1S/C17H32N4/c1-7-9-14-15(18-10-8-2)20-12-21-16(14)19-11-17(5,6)13(3)4/h12-13H,7-11H2,1-6H3,(H2,18,19,20,21). The Morgan fingerprint density at radius 3 is 2.19 bits per heavy atom. The van der Waals surface area contributed by atoms with Crippen molar-refractivity contribution < 1.29 is 0 Å². The average molecular weight is 292 g/mol. The molecule has 1 rings (SSSR count). The lowest BCUT2D eigenvalue weighted by atomic mass is 9.81. The van der Waals surface area contributed by atoms with E-state index in [0.29, 0.717) is 5.92 Å². The molecule has 1 heterocycles. The summed E-state index contributed by atoms with van der Waals surface area (Å²) in [6.45, 7) is 15.3. The third-order valence-electron chi connectivity index (χ3n) is 4.26. The molecule has 0 saturated carbocycles. The fourth-order valence-corrected chi connectivity index (χ4v) is 1.96. The van der Waals surface area contributed by atoms with Gasteiger partial charge in [0.2, 0.25) is 0 Å². The van der Waals surface area contributed by atoms with Gasteiger partial charge in [0.1, 0.15) is 18.0 Å². The van der Waals surface area contributed by atoms with Gasteiger partial charge in [-0.05, 0) is 24.2 Å². The van der Waals surface area contributed by atoms with E-state index in [1.54, 1.807) is 6.33 Å². The van der Waals surface area contributed by atoms with Crippen LogP contribution in [0.2, 0.25) is 0 Å². The third kappa shape index (κ3) is 5.18. The predicted octanol–water partition coefficient (Wildman–Crippen LogP) is 4.35. The van der Waals surface area contributed by atoms with E-state index >= 15 is 0 Å². The largest absolute Gasteiger partial charge is 0.370 e. The highest BCUT2D eigenvalue weighted by atomic mass is 15.1. The van der Waals surface area contributed by atoms with Gasteiger partial charge in [-0.25, -0.2) is 9.97 Å². The molecule has 0 unspecified atom stereocenters. The van der Waals surface area contributed by atoms with E-state index in [2.05, 4.69) is 62.1 Å². The first-order valence-electron chi connectivity index (χ1n) is 8.24. The maximum atomic E-state index is 4.47. The Hall–Kier alpha value is -1.32. The van der Waals surface area contributed by atoms with Crippen molar-refractivity contribution in [3.05, 3.63) is 11.9 Å². The fourth-order valence-electron chi connectivity index (χ4n) is 1.96. The first kappa shape index (κ1) is 17.7. The molecule has 0 aromatic carbocycles. The summed E-state index contributed by atoms with van der Waals surface area (Å²) in [5.74, 6) is 2.59. The van der Waals surface area contributed by atoms with Crippen LogP contribution in [0.5, 0.6) is 0 Å². The zero-order valence-electron chi connectivity index (χ0n) is 14.6. The van der Waals surface area contributed by atoms with Crippen LogP contribution in [0.4, 0.5) is 11.6 Å². The number of hydrogen-bond acceptors (Lipinski definition) is 4. The van der Waals surface area contributed by atoms with Crippen LogP contribution >= 0.6 is 0 Å². The highest BCUT2D eigenvalue weighted by Crippen LogP contribution is 2.28. The lowest BCUT2D eigenvalue weighted by molar-refractivity contribution is 0.269. The first-order chi connectivity index (χ1) is 9.92. The summed E-state index contributed by atoms with van der Waals surface area (Å²) in [6, 6.07) is 0. The molecule has 0 bridgehead atoms. The van der Waals surface area contributed by atoms with Gasteiger partial charge >= 0.3 is 0 Å². The summed E-state index contributed by atoms with van der Waals surface area (Å²) in [4.78, 5) is 8.88. The van der Waals surface area contributed by atoms with Crippen LogP contribution in [0.15, 0.2) is 6.33 Å². The van der Waals surface area contributed by atoms with Crippen LogP contribution < -0.4 is 10.6 Å². The molecule has 0 aliphatic heterocycles. The highest BCUT2D eigenvalue weighted by molar-refractivity contribution is 5.57. The summed E-state index contributed by atoms with van der Waals surface area (Å²) in [6.07, 6.45) is 4.84. The normalized spacial score (nSPS) is 11.8. The maximum absolute atomic E-state index is 4.47. The average Bonchev–Trinajstić information content (AvgIpc) is 2.44. The minimum atomic E-state index is 0.242. The molecule has 0 saturated heterocycles. The second-order valence-electron chi connectivity index (χ2n) is 6.72. The quantitative estimate of drug-likeness (QED) is 0.710. The number of nitrogens with zero attached hydrogens (tertiary/aromatic N) is 2. The molecule has 0 amide bonds. The summed E-state index contributed by atoms with van der Waals surface area (Å²) in [5.41, 5.74) is 1.46. The van der Waals surface area contributed by atoms with Crippen LogP contribution in [0.1, 0.15) is 59.9 Å². The Labute approximate surface area is 130 Å². The molecule has 0 radical (unpaired) electrons. The van der Waals surface area contributed by atoms with E-state index in [1.807, 2.05) is 0 Å². The molecule has 21 heavy (non-hydrogen) atoms. The zero-order chi connectivity index (χ0) is 15.9. The molecule has 2 N–H and O–H groups in total. The molecule has 120 valence electrons. The van der Waals surface area contributed by atoms with Crippen LogP contribution in [0, 0.1) is 11.3 Å². The first-order valence-corrected chi connectivity index (χ1v) is 8.24. The van der Waals surface area contributed by atoms with Gasteiger partial charge in [0.15, 0.2) is 0 Å². The lowest BCUT2D eigenvalue weighted by Crippen LogP contribution is -2.29. The van der Waals surface area contributed by atoms with Crippen LogP contribution in [0.25, 0.3) is 0 Å². The Morgan fingerprint density at radius 1 is 1.05 bits per heavy atom. The van der Waals surface area contributed by atoms with E-state index in [4.69, 9.17) is 0 Å². The molecule has 0 aliphatic rings. The fraction of sp³-hybridized carbons (Fsp3) is 0.765. The summed E-state index contributed by atoms with van der Waals surface area (Å²) < 4.78 is 0. The van der Waals surface area contributed by atoms with Gasteiger partial charge in [0, 0.05) is 18.7 Å². The van der Waals surface area contributed by atoms with Crippen molar-refractivity contribution in [2.24, 2.45) is 11.3 Å². The summed E-state index contributed by atoms with van der Waals surface area (Å²) in [5, 5.41) is 6.96. The topological polar surface area (TPSA) is 49.8 Å². The Kier molecular flexibility index (Phi) is 6.93. The lowest BCUT2D eigenvalue weighted by Gasteiger charge is -2.30. The molecule has 0 atom stereocenters. The van der Waals surface area contributed by atoms with Gasteiger partial charge in [-0.2, -0.15) is 0 Å². The van der Waals surface area contributed by atoms with E-state index in [0.717, 1.165) is 44.0 Å². The van der Waals surface area contributed by atoms with Gasteiger partial charge < -0.3 is 10.6 Å². The SMILES string of the molecule is CCCNc1ncnc(NCC(C)(C)C(C)C)c1CCC. The molecule has 0 spiro atoms. The number of anilines is 2. The minimum absolute atomic E-state index is 0.242. The van der Waals surface area contributed by atoms with Gasteiger partial charge in [-0.15, -0.1) is 0 Å². The molecule has 0 fully saturated rings. The maximum Gasteiger partial charge on any atom is 0.134 e. The van der Waals surface area contributed by atoms with Gasteiger partial charge in [0.05, 0.1) is 0 Å². The van der Waals surface area contributed by atoms with Gasteiger partial charge in [0.25, 0.3) is 0 Å². The van der Waals surface area contributed by atoms with Gasteiger partial charge in [-0.1, -0.05) is 48.0 Å². The minimum Gasteiger partial charge on any atom is -0.370 e. The van der Waals surface area contributed by atoms with Crippen molar-refractivity contribution in [1.29, 1.82) is 0 Å². The van der Waals surface area contributed by atoms with Crippen molar-refractivity contribution in [2.45, 2.75) is 60.8 Å². The zero-order valence-corrected chi connectivity index (χ0v) is 14.6. The monoisotopic (exact) mass is 292 g/mol. The van der Waals surface area contributed by atoms with Crippen LogP contribution in [-0.2, 0) is 6.42 Å². The Balaban J connectivity index is 2.90. The van der Waals surface area contributed by atoms with Crippen molar-refractivity contribution in [3.63, 3.8) is 0 Å². The number of aromatic nitrogens is 2. The predicted molar refractivity (Wildman–Crippen MR) is 91.9 cm³/mol. The smallest absolute Gasteiger partial charge is 0.134 e. The van der Waals surface area contributed by atoms with Gasteiger partial charge in [-0.3, -0.25) is 0 Å². The number of hydrogen-bond donors (Lipinski definition) is 2. The molecular formula is C17H32N4. The van der Waals surface area contributed by atoms with Crippen molar-refractivity contribution in [1.82, 2.24) is 9.97 Å². The molecule has 1 aromatic rings. The Morgan fingerprint density at radius 2 is 1.67 bits per heavy atom. The van der Waals surface area contributed by atoms with Crippen molar-refractivity contribution in [3.8, 4) is 0 Å². The molecule has 4 nitrogen and oxygen atoms in total. The second kappa shape index (κ2) is 8.20. The second-order valence-corrected chi connectivity index (χ2v) is 6.72. The van der Waals surface area contributed by atoms with E-state index in [-0.39, 0.29) is 5.41 Å². The molecule has 1 aromatic heterocycles. The van der Waals surface area contributed by atoms with E-state index in [9.17, 15) is 0 Å². The highest BCUT2D eigenvalue weighted by Gasteiger charge is 2.23. The number of nitrogens with one attached hydrogen (secondary N) is 2. The molecule has 4 heteroatoms. The van der Waals surface area contributed by atoms with Crippen LogP contribution in [0.3, 0.4) is 0 Å². The summed E-state index contributed by atoms with van der Waals surface area (Å²) >= 11 is 0. The molecule has 0 aliphatic carbocycles. The Bertz CT molecular complexity index is 427. The third-order valence-corrected chi connectivity index (χ3v) is 4.26. The van der Waals surface area contributed by atoms with Crippen molar-refractivity contribution >= 4 is 11.6 Å². The van der Waals surface area contributed by atoms with E-state index in [1.165, 1.54) is 5.56 Å². The van der Waals surface area contributed by atoms with Crippen molar-refractivity contribution in [2.75, 3.05) is 23.7 Å². The number of rotatable bonds is 9. The van der Waals surface area contributed by atoms with E-state index < -0.39 is 0 Å². The van der Waals surface area contributed by atoms with Crippen LogP contribution in [-0.4, -0.2) is 23.1 Å². The molecular weight excluding hydrogens is 260 g/mol.